The van der Waals surface area contributed by atoms with Crippen molar-refractivity contribution in [1.82, 2.24) is 5.32 Å². The van der Waals surface area contributed by atoms with Crippen LogP contribution >= 0.6 is 0 Å². The lowest BCUT2D eigenvalue weighted by atomic mass is 9.66. The molecule has 18 heavy (non-hydrogen) atoms. The first-order valence-corrected chi connectivity index (χ1v) is 6.39. The molecule has 2 aliphatic carbocycles. The fraction of sp³-hybridized carbons (Fsp3) is 0.500. The van der Waals surface area contributed by atoms with E-state index in [2.05, 4.69) is 23.5 Å². The molecule has 4 nitrogen and oxygen atoms in total. The minimum atomic E-state index is -0.358. The molecule has 0 aromatic heterocycles. The molecule has 1 atom stereocenters. The van der Waals surface area contributed by atoms with Gasteiger partial charge >= 0.3 is 6.09 Å². The molecule has 0 aromatic rings. The Morgan fingerprint density at radius 3 is 3.11 bits per heavy atom. The van der Waals surface area contributed by atoms with Crippen LogP contribution in [0.2, 0.25) is 0 Å². The Bertz CT molecular complexity index is 475. The van der Waals surface area contributed by atoms with E-state index in [0.717, 1.165) is 25.0 Å². The average Bonchev–Trinajstić information content (AvgIpc) is 2.64. The second-order valence-corrected chi connectivity index (χ2v) is 4.77. The quantitative estimate of drug-likeness (QED) is 0.777. The molecular weight excluding hydrogens is 230 g/mol. The molecule has 1 spiro atoms. The molecule has 1 amide bonds. The van der Waals surface area contributed by atoms with Gasteiger partial charge in [0.05, 0.1) is 13.2 Å². The summed E-state index contributed by atoms with van der Waals surface area (Å²) in [7, 11) is 0. The lowest BCUT2D eigenvalue weighted by Crippen LogP contribution is -2.43. The van der Waals surface area contributed by atoms with Crippen LogP contribution in [0.1, 0.15) is 19.8 Å². The second kappa shape index (κ2) is 4.28. The maximum absolute atomic E-state index is 11.2. The van der Waals surface area contributed by atoms with Gasteiger partial charge in [0, 0.05) is 13.0 Å². The van der Waals surface area contributed by atoms with E-state index >= 15 is 0 Å². The van der Waals surface area contributed by atoms with Gasteiger partial charge in [0.15, 0.2) is 0 Å². The van der Waals surface area contributed by atoms with E-state index in [1.807, 2.05) is 0 Å². The fourth-order valence-electron chi connectivity index (χ4n) is 2.82. The summed E-state index contributed by atoms with van der Waals surface area (Å²) in [6, 6.07) is 0. The Morgan fingerprint density at radius 1 is 1.50 bits per heavy atom. The summed E-state index contributed by atoms with van der Waals surface area (Å²) in [6.45, 7) is 3.45. The van der Waals surface area contributed by atoms with E-state index in [-0.39, 0.29) is 11.7 Å². The van der Waals surface area contributed by atoms with E-state index in [1.54, 1.807) is 6.92 Å². The van der Waals surface area contributed by atoms with Crippen molar-refractivity contribution < 1.29 is 14.3 Å². The zero-order valence-electron chi connectivity index (χ0n) is 10.5. The molecule has 1 aliphatic heterocycles. The summed E-state index contributed by atoms with van der Waals surface area (Å²) in [5, 5.41) is 2.74. The lowest BCUT2D eigenvalue weighted by Gasteiger charge is -2.45. The van der Waals surface area contributed by atoms with Gasteiger partial charge in [-0.3, -0.25) is 0 Å². The first kappa shape index (κ1) is 11.5. The molecule has 1 fully saturated rings. The molecule has 1 heterocycles. The third kappa shape index (κ3) is 1.68. The van der Waals surface area contributed by atoms with Gasteiger partial charge in [0.2, 0.25) is 0 Å². The van der Waals surface area contributed by atoms with Gasteiger partial charge in [0.1, 0.15) is 5.60 Å². The van der Waals surface area contributed by atoms with Crippen LogP contribution in [0.5, 0.6) is 0 Å². The van der Waals surface area contributed by atoms with Gasteiger partial charge in [0.25, 0.3) is 0 Å². The standard InChI is InChI=1S/C14H17NO3/c1-2-17-13(16)15-9-10-3-5-14-11(4-6-18-14)8-12(14)7-10/h3-4,7H,2,5-6,8-9H2,1H3,(H,15,16). The summed E-state index contributed by atoms with van der Waals surface area (Å²) >= 11 is 0. The SMILES string of the molecule is CCOC(=O)NCC1=CCC23OCC=C2CC3=C1. The molecule has 96 valence electrons. The van der Waals surface area contributed by atoms with Gasteiger partial charge in [-0.2, -0.15) is 0 Å². The topological polar surface area (TPSA) is 47.6 Å². The number of alkyl carbamates (subject to hydrolysis) is 1. The first-order chi connectivity index (χ1) is 8.74. The van der Waals surface area contributed by atoms with E-state index in [0.29, 0.717) is 13.2 Å². The summed E-state index contributed by atoms with van der Waals surface area (Å²) in [5.74, 6) is 0. The van der Waals surface area contributed by atoms with Crippen molar-refractivity contribution in [2.75, 3.05) is 19.8 Å². The number of hydrogen-bond acceptors (Lipinski definition) is 3. The zero-order valence-corrected chi connectivity index (χ0v) is 10.5. The van der Waals surface area contributed by atoms with Crippen LogP contribution < -0.4 is 5.32 Å². The fourth-order valence-corrected chi connectivity index (χ4v) is 2.82. The van der Waals surface area contributed by atoms with Crippen molar-refractivity contribution in [2.45, 2.75) is 25.4 Å². The van der Waals surface area contributed by atoms with Crippen LogP contribution in [0, 0.1) is 0 Å². The Kier molecular flexibility index (Phi) is 2.74. The van der Waals surface area contributed by atoms with Crippen LogP contribution in [0.25, 0.3) is 0 Å². The number of carbonyl (C=O) groups excluding carboxylic acids is 1. The van der Waals surface area contributed by atoms with Crippen LogP contribution in [0.3, 0.4) is 0 Å². The van der Waals surface area contributed by atoms with Crippen molar-refractivity contribution in [3.05, 3.63) is 34.9 Å². The van der Waals surface area contributed by atoms with Crippen LogP contribution in [0.4, 0.5) is 4.79 Å². The number of rotatable bonds is 3. The van der Waals surface area contributed by atoms with Gasteiger partial charge < -0.3 is 14.8 Å². The number of nitrogens with one attached hydrogen (secondary N) is 1. The summed E-state index contributed by atoms with van der Waals surface area (Å²) < 4.78 is 10.7. The zero-order chi connectivity index (χ0) is 12.6. The number of amides is 1. The van der Waals surface area contributed by atoms with Gasteiger partial charge in [-0.1, -0.05) is 18.2 Å². The van der Waals surface area contributed by atoms with Gasteiger partial charge in [-0.05, 0) is 30.1 Å². The highest BCUT2D eigenvalue weighted by atomic mass is 16.5. The normalized spacial score (nSPS) is 28.2. The maximum Gasteiger partial charge on any atom is 0.407 e. The molecule has 1 saturated carbocycles. The Hall–Kier alpha value is -1.55. The third-order valence-corrected chi connectivity index (χ3v) is 3.80. The van der Waals surface area contributed by atoms with E-state index in [1.165, 1.54) is 11.1 Å². The molecule has 3 rings (SSSR count). The molecule has 3 aliphatic rings. The molecule has 0 aromatic carbocycles. The third-order valence-electron chi connectivity index (χ3n) is 3.80. The van der Waals surface area contributed by atoms with E-state index in [4.69, 9.17) is 9.47 Å². The molecular formula is C14H17NO3. The first-order valence-electron chi connectivity index (χ1n) is 6.39. The van der Waals surface area contributed by atoms with Crippen molar-refractivity contribution in [2.24, 2.45) is 0 Å². The molecule has 0 bridgehead atoms. The number of ether oxygens (including phenoxy) is 2. The van der Waals surface area contributed by atoms with Gasteiger partial charge in [-0.15, -0.1) is 0 Å². The Morgan fingerprint density at radius 2 is 2.39 bits per heavy atom. The highest BCUT2D eigenvalue weighted by molar-refractivity contribution is 5.68. The van der Waals surface area contributed by atoms with E-state index in [9.17, 15) is 4.79 Å². The Balaban J connectivity index is 1.60. The number of hydrogen-bond donors (Lipinski definition) is 1. The minimum Gasteiger partial charge on any atom is -0.450 e. The molecule has 0 radical (unpaired) electrons. The molecule has 0 saturated heterocycles. The van der Waals surface area contributed by atoms with Crippen molar-refractivity contribution >= 4 is 6.09 Å². The van der Waals surface area contributed by atoms with Crippen molar-refractivity contribution in [3.8, 4) is 0 Å². The largest absolute Gasteiger partial charge is 0.450 e. The summed E-state index contributed by atoms with van der Waals surface area (Å²) in [6.07, 6.45) is 8.05. The molecule has 1 unspecified atom stereocenters. The minimum absolute atomic E-state index is 0.104. The smallest absolute Gasteiger partial charge is 0.407 e. The highest BCUT2D eigenvalue weighted by Crippen LogP contribution is 2.53. The predicted octanol–water partition coefficient (Wildman–Crippen LogP) is 2.09. The van der Waals surface area contributed by atoms with Crippen molar-refractivity contribution in [1.29, 1.82) is 0 Å². The maximum atomic E-state index is 11.2. The summed E-state index contributed by atoms with van der Waals surface area (Å²) in [5.41, 5.74) is 3.79. The molecule has 1 N–H and O–H groups in total. The van der Waals surface area contributed by atoms with Crippen LogP contribution in [-0.4, -0.2) is 31.5 Å². The van der Waals surface area contributed by atoms with Gasteiger partial charge in [-0.25, -0.2) is 4.79 Å². The number of carbonyl (C=O) groups is 1. The second-order valence-electron chi connectivity index (χ2n) is 4.77. The van der Waals surface area contributed by atoms with Crippen LogP contribution in [-0.2, 0) is 9.47 Å². The van der Waals surface area contributed by atoms with Crippen molar-refractivity contribution in [3.63, 3.8) is 0 Å². The monoisotopic (exact) mass is 247 g/mol. The summed E-state index contributed by atoms with van der Waals surface area (Å²) in [4.78, 5) is 11.2. The highest BCUT2D eigenvalue weighted by Gasteiger charge is 2.50. The Labute approximate surface area is 106 Å². The average molecular weight is 247 g/mol. The predicted molar refractivity (Wildman–Crippen MR) is 67.2 cm³/mol. The van der Waals surface area contributed by atoms with Crippen LogP contribution in [0.15, 0.2) is 34.9 Å². The molecule has 4 heteroatoms. The lowest BCUT2D eigenvalue weighted by molar-refractivity contribution is 0.0270. The van der Waals surface area contributed by atoms with E-state index < -0.39 is 0 Å².